The van der Waals surface area contributed by atoms with Gasteiger partial charge in [0.1, 0.15) is 5.56 Å². The molecule has 1 saturated heterocycles. The number of amides is 1. The van der Waals surface area contributed by atoms with Gasteiger partial charge in [-0.25, -0.2) is 15.1 Å². The second-order valence-corrected chi connectivity index (χ2v) is 9.14. The molecule has 1 amide bonds. The van der Waals surface area contributed by atoms with Gasteiger partial charge in [-0.2, -0.15) is 43.2 Å². The maximum Gasteiger partial charge on any atom is 0.423 e. The molecule has 2 N–H and O–H groups in total. The van der Waals surface area contributed by atoms with Gasteiger partial charge in [0.25, 0.3) is 5.56 Å². The van der Waals surface area contributed by atoms with Crippen LogP contribution in [0.2, 0.25) is 0 Å². The molecule has 0 spiro atoms. The van der Waals surface area contributed by atoms with Crippen molar-refractivity contribution in [2.75, 3.05) is 47.9 Å². The zero-order valence-electron chi connectivity index (χ0n) is 19.0. The SMILES string of the molecule is C[C@H](CSCCC(=O)N1CCN(c2ncc(C(F)(F)F)cn2)CC1)Nc1cn[nH]c(=O)c1C(F)(F)F. The number of anilines is 2. The number of halogens is 6. The van der Waals surface area contributed by atoms with Crippen LogP contribution >= 0.6 is 11.8 Å². The molecule has 0 bridgehead atoms. The van der Waals surface area contributed by atoms with Gasteiger partial charge >= 0.3 is 12.4 Å². The number of carbonyl (C=O) groups excluding carboxylic acids is 1. The van der Waals surface area contributed by atoms with Crippen LogP contribution in [-0.4, -0.2) is 74.7 Å². The first-order valence-corrected chi connectivity index (χ1v) is 11.9. The summed E-state index contributed by atoms with van der Waals surface area (Å²) in [5.41, 5.74) is -4.02. The molecule has 2 aromatic heterocycles. The normalized spacial score (nSPS) is 15.6. The molecular weight excluding hydrogens is 516 g/mol. The van der Waals surface area contributed by atoms with Gasteiger partial charge in [0, 0.05) is 62.5 Å². The lowest BCUT2D eigenvalue weighted by Crippen LogP contribution is -2.49. The molecule has 0 unspecified atom stereocenters. The van der Waals surface area contributed by atoms with E-state index in [0.29, 0.717) is 37.7 Å². The largest absolute Gasteiger partial charge is 0.423 e. The van der Waals surface area contributed by atoms with Crippen molar-refractivity contribution >= 4 is 29.3 Å². The van der Waals surface area contributed by atoms with Gasteiger partial charge in [-0.05, 0) is 6.92 Å². The van der Waals surface area contributed by atoms with E-state index in [1.165, 1.54) is 11.8 Å². The number of thioether (sulfide) groups is 1. The number of nitrogens with zero attached hydrogens (tertiary/aromatic N) is 5. The van der Waals surface area contributed by atoms with Crippen LogP contribution in [0, 0.1) is 0 Å². The van der Waals surface area contributed by atoms with Crippen LogP contribution < -0.4 is 15.8 Å². The first kappa shape index (κ1) is 27.5. The van der Waals surface area contributed by atoms with E-state index in [-0.39, 0.29) is 18.3 Å². The Morgan fingerprint density at radius 3 is 2.31 bits per heavy atom. The summed E-state index contributed by atoms with van der Waals surface area (Å²) < 4.78 is 77.3. The average Bonchev–Trinajstić information content (AvgIpc) is 2.80. The van der Waals surface area contributed by atoms with E-state index in [0.717, 1.165) is 18.6 Å². The number of aromatic nitrogens is 4. The maximum atomic E-state index is 13.1. The summed E-state index contributed by atoms with van der Waals surface area (Å²) in [5.74, 6) is 0.883. The summed E-state index contributed by atoms with van der Waals surface area (Å²) in [6.07, 6.45) is -6.77. The van der Waals surface area contributed by atoms with Crippen molar-refractivity contribution in [3.63, 3.8) is 0 Å². The van der Waals surface area contributed by atoms with Crippen molar-refractivity contribution < 1.29 is 31.1 Å². The number of H-pyrrole nitrogens is 1. The number of aromatic amines is 1. The summed E-state index contributed by atoms with van der Waals surface area (Å²) in [5, 5.41) is 7.82. The topological polar surface area (TPSA) is 107 Å². The minimum atomic E-state index is -4.83. The molecule has 2 aromatic rings. The highest BCUT2D eigenvalue weighted by atomic mass is 32.2. The van der Waals surface area contributed by atoms with E-state index < -0.39 is 40.8 Å². The van der Waals surface area contributed by atoms with Crippen molar-refractivity contribution in [1.82, 2.24) is 25.1 Å². The highest BCUT2D eigenvalue weighted by Crippen LogP contribution is 2.32. The van der Waals surface area contributed by atoms with Gasteiger partial charge in [0.05, 0.1) is 17.4 Å². The molecule has 198 valence electrons. The predicted molar refractivity (Wildman–Crippen MR) is 121 cm³/mol. The molecule has 16 heteroatoms. The van der Waals surface area contributed by atoms with Crippen LogP contribution in [0.3, 0.4) is 0 Å². The predicted octanol–water partition coefficient (Wildman–Crippen LogP) is 2.87. The lowest BCUT2D eigenvalue weighted by atomic mass is 10.2. The van der Waals surface area contributed by atoms with Gasteiger partial charge in [0.15, 0.2) is 0 Å². The third-order valence-electron chi connectivity index (χ3n) is 5.25. The molecule has 0 saturated carbocycles. The average molecular weight is 540 g/mol. The number of alkyl halides is 6. The fourth-order valence-corrected chi connectivity index (χ4v) is 4.38. The molecule has 3 heterocycles. The Bertz CT molecular complexity index is 1090. The third-order valence-corrected chi connectivity index (χ3v) is 6.48. The minimum absolute atomic E-state index is 0.103. The number of hydrogen-bond donors (Lipinski definition) is 2. The van der Waals surface area contributed by atoms with E-state index in [4.69, 9.17) is 0 Å². The molecule has 3 rings (SSSR count). The van der Waals surface area contributed by atoms with Crippen LogP contribution in [-0.2, 0) is 17.1 Å². The van der Waals surface area contributed by atoms with Gasteiger partial charge in [-0.3, -0.25) is 9.59 Å². The summed E-state index contributed by atoms with van der Waals surface area (Å²) in [6, 6.07) is -0.429. The third kappa shape index (κ3) is 7.24. The Morgan fingerprint density at radius 2 is 1.72 bits per heavy atom. The Hall–Kier alpha value is -3.04. The molecule has 0 aliphatic carbocycles. The van der Waals surface area contributed by atoms with Crippen molar-refractivity contribution in [3.05, 3.63) is 40.1 Å². The zero-order valence-corrected chi connectivity index (χ0v) is 19.8. The molecule has 0 aromatic carbocycles. The van der Waals surface area contributed by atoms with Crippen LogP contribution in [0.25, 0.3) is 0 Å². The number of nitrogens with one attached hydrogen (secondary N) is 2. The van der Waals surface area contributed by atoms with Gasteiger partial charge < -0.3 is 15.1 Å². The van der Waals surface area contributed by atoms with Crippen LogP contribution in [0.4, 0.5) is 38.0 Å². The Morgan fingerprint density at radius 1 is 1.08 bits per heavy atom. The van der Waals surface area contributed by atoms with Gasteiger partial charge in [-0.1, -0.05) is 0 Å². The monoisotopic (exact) mass is 539 g/mol. The summed E-state index contributed by atoms with van der Waals surface area (Å²) >= 11 is 1.37. The molecule has 1 aliphatic heterocycles. The van der Waals surface area contributed by atoms with Crippen LogP contribution in [0.15, 0.2) is 23.4 Å². The molecular formula is C20H23F6N7O2S. The second-order valence-electron chi connectivity index (χ2n) is 7.99. The minimum Gasteiger partial charge on any atom is -0.380 e. The van der Waals surface area contributed by atoms with E-state index in [1.54, 1.807) is 21.8 Å². The van der Waals surface area contributed by atoms with E-state index in [1.807, 2.05) is 0 Å². The van der Waals surface area contributed by atoms with Gasteiger partial charge in [-0.15, -0.1) is 0 Å². The van der Waals surface area contributed by atoms with Crippen molar-refractivity contribution in [3.8, 4) is 0 Å². The van der Waals surface area contributed by atoms with E-state index in [2.05, 4.69) is 20.4 Å². The van der Waals surface area contributed by atoms with Crippen LogP contribution in [0.5, 0.6) is 0 Å². The number of hydrogen-bond acceptors (Lipinski definition) is 8. The second kappa shape index (κ2) is 11.3. The molecule has 36 heavy (non-hydrogen) atoms. The number of carbonyl (C=O) groups is 1. The number of rotatable bonds is 8. The van der Waals surface area contributed by atoms with Crippen molar-refractivity contribution in [1.29, 1.82) is 0 Å². The molecule has 1 aliphatic rings. The van der Waals surface area contributed by atoms with Crippen LogP contribution in [0.1, 0.15) is 24.5 Å². The fourth-order valence-electron chi connectivity index (χ4n) is 3.46. The first-order chi connectivity index (χ1) is 16.9. The van der Waals surface area contributed by atoms with E-state index in [9.17, 15) is 35.9 Å². The first-order valence-electron chi connectivity index (χ1n) is 10.8. The Labute approximate surface area is 205 Å². The Balaban J connectivity index is 1.40. The molecule has 0 radical (unpaired) electrons. The van der Waals surface area contributed by atoms with Crippen molar-refractivity contribution in [2.24, 2.45) is 0 Å². The Kier molecular flexibility index (Phi) is 8.68. The smallest absolute Gasteiger partial charge is 0.380 e. The zero-order chi connectivity index (χ0) is 26.5. The standard InChI is InChI=1S/C20H23F6N7O2S/c1-12(30-14-10-29-31-17(35)16(14)20(24,25)26)11-36-7-2-15(34)32-3-5-33(6-4-32)18-27-8-13(9-28-18)19(21,22)23/h8-10,12H,2-7,11H2,1H3,(H2,30,31,35)/t12-/m1/s1. The summed E-state index contributed by atoms with van der Waals surface area (Å²) in [7, 11) is 0. The highest BCUT2D eigenvalue weighted by Gasteiger charge is 2.37. The maximum absolute atomic E-state index is 13.1. The fraction of sp³-hybridized carbons (Fsp3) is 0.550. The quantitative estimate of drug-likeness (QED) is 0.390. The van der Waals surface area contributed by atoms with E-state index >= 15 is 0 Å². The number of piperazine rings is 1. The summed E-state index contributed by atoms with van der Waals surface area (Å²) in [4.78, 5) is 34.9. The van der Waals surface area contributed by atoms with Gasteiger partial charge in [0.2, 0.25) is 11.9 Å². The lowest BCUT2D eigenvalue weighted by Gasteiger charge is -2.34. The molecule has 1 atom stereocenters. The molecule has 9 nitrogen and oxygen atoms in total. The summed E-state index contributed by atoms with van der Waals surface area (Å²) in [6.45, 7) is 3.12. The lowest BCUT2D eigenvalue weighted by molar-refractivity contribution is -0.139. The van der Waals surface area contributed by atoms with Crippen molar-refractivity contribution in [2.45, 2.75) is 31.7 Å². The highest BCUT2D eigenvalue weighted by molar-refractivity contribution is 7.99. The molecule has 1 fully saturated rings.